The molecule has 0 spiro atoms. The maximum absolute atomic E-state index is 11.5. The van der Waals surface area contributed by atoms with Crippen molar-refractivity contribution in [2.75, 3.05) is 0 Å². The van der Waals surface area contributed by atoms with E-state index < -0.39 is 11.4 Å². The molecule has 16 heavy (non-hydrogen) atoms. The fourth-order valence-electron chi connectivity index (χ4n) is 1.44. The molecule has 0 saturated carbocycles. The summed E-state index contributed by atoms with van der Waals surface area (Å²) in [5.74, 6) is -0.793. The van der Waals surface area contributed by atoms with E-state index in [1.807, 2.05) is 6.07 Å². The third-order valence-electron chi connectivity index (χ3n) is 2.06. The molecule has 78 valence electrons. The van der Waals surface area contributed by atoms with Gasteiger partial charge in [0.15, 0.2) is 0 Å². The Balaban J connectivity index is 2.88. The molecule has 5 heteroatoms. The Morgan fingerprint density at radius 3 is 2.94 bits per heavy atom. The molecule has 0 amide bonds. The minimum Gasteiger partial charge on any atom is -0.372 e. The third-order valence-corrected chi connectivity index (χ3v) is 2.06. The number of hydrogen-bond acceptors (Lipinski definition) is 4. The van der Waals surface area contributed by atoms with Crippen LogP contribution in [-0.4, -0.2) is 4.98 Å². The molecular formula is C11H6N2O3. The fraction of sp³-hybridized carbons (Fsp3) is 0. The first-order valence-corrected chi connectivity index (χ1v) is 4.44. The number of nitrogens with zero attached hydrogens (tertiary/aromatic N) is 1. The van der Waals surface area contributed by atoms with Crippen LogP contribution < -0.4 is 11.4 Å². The fourth-order valence-corrected chi connectivity index (χ4v) is 1.44. The topological polar surface area (TPSA) is 86.9 Å². The largest absolute Gasteiger partial charge is 0.419 e. The van der Waals surface area contributed by atoms with Crippen molar-refractivity contribution >= 4 is 17.0 Å². The summed E-state index contributed by atoms with van der Waals surface area (Å²) in [6, 6.07) is 6.75. The highest BCUT2D eigenvalue weighted by atomic mass is 16.4. The van der Waals surface area contributed by atoms with Gasteiger partial charge in [0, 0.05) is 6.08 Å². The molecule has 1 aromatic carbocycles. The first kappa shape index (κ1) is 9.93. The van der Waals surface area contributed by atoms with Crippen LogP contribution in [0.2, 0.25) is 0 Å². The molecule has 2 rings (SSSR count). The zero-order valence-electron chi connectivity index (χ0n) is 8.06. The lowest BCUT2D eigenvalue weighted by molar-refractivity contribution is 0.460. The van der Waals surface area contributed by atoms with Crippen molar-refractivity contribution in [2.24, 2.45) is 0 Å². The van der Waals surface area contributed by atoms with Crippen molar-refractivity contribution in [1.82, 2.24) is 4.98 Å². The number of allylic oxidation sites excluding steroid dienone is 1. The van der Waals surface area contributed by atoms with Gasteiger partial charge in [0.25, 0.3) is 0 Å². The van der Waals surface area contributed by atoms with Gasteiger partial charge in [-0.1, -0.05) is 12.1 Å². The number of rotatable bonds is 1. The quantitative estimate of drug-likeness (QED) is 0.718. The summed E-state index contributed by atoms with van der Waals surface area (Å²) in [7, 11) is 0. The molecule has 0 unspecified atom stereocenters. The van der Waals surface area contributed by atoms with Gasteiger partial charge in [0.1, 0.15) is 0 Å². The number of nitrogens with one attached hydrogen (secondary N) is 1. The summed E-state index contributed by atoms with van der Waals surface area (Å²) in [5, 5.41) is 8.67. The molecule has 0 saturated heterocycles. The lowest BCUT2D eigenvalue weighted by atomic mass is 10.1. The summed E-state index contributed by atoms with van der Waals surface area (Å²) in [4.78, 5) is 24.8. The smallest absolute Gasteiger partial charge is 0.372 e. The number of benzene rings is 1. The number of hydrogen-bond donors (Lipinski definition) is 1. The summed E-state index contributed by atoms with van der Waals surface area (Å²) in [5.41, 5.74) is 0.210. The summed E-state index contributed by atoms with van der Waals surface area (Å²) >= 11 is 0. The van der Waals surface area contributed by atoms with Crippen LogP contribution in [0.1, 0.15) is 5.56 Å². The molecule has 0 aliphatic rings. The van der Waals surface area contributed by atoms with E-state index in [0.29, 0.717) is 11.1 Å². The molecule has 0 radical (unpaired) electrons. The maximum atomic E-state index is 11.5. The molecule has 1 heterocycles. The SMILES string of the molecule is N#CC=Cc1cccc2[nH]c(=O)oc(=O)c12. The average Bonchev–Trinajstić information content (AvgIpc) is 2.25. The third kappa shape index (κ3) is 1.64. The van der Waals surface area contributed by atoms with E-state index in [1.54, 1.807) is 18.2 Å². The number of H-pyrrole nitrogens is 1. The molecule has 0 aliphatic carbocycles. The molecule has 0 aliphatic heterocycles. The van der Waals surface area contributed by atoms with Crippen molar-refractivity contribution < 1.29 is 4.42 Å². The van der Waals surface area contributed by atoms with E-state index in [2.05, 4.69) is 9.40 Å². The predicted molar refractivity (Wildman–Crippen MR) is 57.8 cm³/mol. The first-order valence-electron chi connectivity index (χ1n) is 4.44. The Morgan fingerprint density at radius 2 is 2.19 bits per heavy atom. The van der Waals surface area contributed by atoms with E-state index in [4.69, 9.17) is 5.26 Å². The predicted octanol–water partition coefficient (Wildman–Crippen LogP) is 1.02. The highest BCUT2D eigenvalue weighted by Gasteiger charge is 2.05. The second-order valence-corrected chi connectivity index (χ2v) is 3.03. The molecule has 0 bridgehead atoms. The Labute approximate surface area is 89.3 Å². The van der Waals surface area contributed by atoms with Gasteiger partial charge in [-0.25, -0.2) is 9.59 Å². The second kappa shape index (κ2) is 3.87. The zero-order valence-corrected chi connectivity index (χ0v) is 8.06. The van der Waals surface area contributed by atoms with Crippen molar-refractivity contribution in [3.05, 3.63) is 50.8 Å². The van der Waals surface area contributed by atoms with Gasteiger partial charge in [-0.05, 0) is 17.7 Å². The van der Waals surface area contributed by atoms with E-state index in [-0.39, 0.29) is 5.39 Å². The van der Waals surface area contributed by atoms with Crippen LogP contribution in [0.25, 0.3) is 17.0 Å². The average molecular weight is 214 g/mol. The van der Waals surface area contributed by atoms with Crippen molar-refractivity contribution in [2.45, 2.75) is 0 Å². The van der Waals surface area contributed by atoms with Gasteiger partial charge in [0.05, 0.1) is 17.0 Å². The minimum absolute atomic E-state index is 0.258. The van der Waals surface area contributed by atoms with Crippen LogP contribution in [0.3, 0.4) is 0 Å². The highest BCUT2D eigenvalue weighted by Crippen LogP contribution is 2.13. The summed E-state index contributed by atoms with van der Waals surface area (Å²) in [6.45, 7) is 0. The van der Waals surface area contributed by atoms with E-state index in [0.717, 1.165) is 0 Å². The number of aromatic nitrogens is 1. The molecule has 1 N–H and O–H groups in total. The van der Waals surface area contributed by atoms with Gasteiger partial charge in [0.2, 0.25) is 0 Å². The number of fused-ring (bicyclic) bond motifs is 1. The lowest BCUT2D eigenvalue weighted by Crippen LogP contribution is -2.15. The van der Waals surface area contributed by atoms with E-state index in [1.165, 1.54) is 12.2 Å². The van der Waals surface area contributed by atoms with Gasteiger partial charge in [-0.3, -0.25) is 4.98 Å². The van der Waals surface area contributed by atoms with Crippen molar-refractivity contribution in [3.8, 4) is 6.07 Å². The van der Waals surface area contributed by atoms with Crippen LogP contribution in [0, 0.1) is 11.3 Å². The highest BCUT2D eigenvalue weighted by molar-refractivity contribution is 5.86. The maximum Gasteiger partial charge on any atom is 0.419 e. The van der Waals surface area contributed by atoms with Crippen LogP contribution in [0.4, 0.5) is 0 Å². The number of aromatic amines is 1. The van der Waals surface area contributed by atoms with Gasteiger partial charge in [-0.15, -0.1) is 0 Å². The molecule has 1 aromatic heterocycles. The Kier molecular flexibility index (Phi) is 2.40. The standard InChI is InChI=1S/C11H6N2O3/c12-6-2-4-7-3-1-5-8-9(7)10(14)16-11(15)13-8/h1-5H,(H,13,15). The Bertz CT molecular complexity index is 716. The van der Waals surface area contributed by atoms with E-state index in [9.17, 15) is 9.59 Å². The number of nitriles is 1. The molecular weight excluding hydrogens is 208 g/mol. The monoisotopic (exact) mass is 214 g/mol. The molecule has 0 fully saturated rings. The zero-order chi connectivity index (χ0) is 11.5. The van der Waals surface area contributed by atoms with Gasteiger partial charge < -0.3 is 4.42 Å². The van der Waals surface area contributed by atoms with Crippen LogP contribution in [0.5, 0.6) is 0 Å². The molecule has 0 atom stereocenters. The van der Waals surface area contributed by atoms with Gasteiger partial charge >= 0.3 is 11.4 Å². The minimum atomic E-state index is -0.793. The molecule has 2 aromatic rings. The van der Waals surface area contributed by atoms with Crippen LogP contribution in [0.15, 0.2) is 38.3 Å². The van der Waals surface area contributed by atoms with Crippen LogP contribution in [-0.2, 0) is 0 Å². The van der Waals surface area contributed by atoms with Crippen molar-refractivity contribution in [3.63, 3.8) is 0 Å². The lowest BCUT2D eigenvalue weighted by Gasteiger charge is -1.98. The summed E-state index contributed by atoms with van der Waals surface area (Å²) < 4.78 is 4.43. The second-order valence-electron chi connectivity index (χ2n) is 3.03. The normalized spacial score (nSPS) is 10.7. The molecule has 5 nitrogen and oxygen atoms in total. The Morgan fingerprint density at radius 1 is 1.38 bits per heavy atom. The van der Waals surface area contributed by atoms with E-state index >= 15 is 0 Å². The van der Waals surface area contributed by atoms with Gasteiger partial charge in [-0.2, -0.15) is 5.26 Å². The van der Waals surface area contributed by atoms with Crippen molar-refractivity contribution in [1.29, 1.82) is 5.26 Å². The van der Waals surface area contributed by atoms with Crippen LogP contribution >= 0.6 is 0 Å². The first-order chi connectivity index (χ1) is 7.72. The Hall–Kier alpha value is -2.61. The summed E-state index contributed by atoms with van der Waals surface area (Å²) in [6.07, 6.45) is 2.73.